The lowest BCUT2D eigenvalue weighted by molar-refractivity contribution is -0.119. The van der Waals surface area contributed by atoms with E-state index < -0.39 is 5.66 Å². The Balaban J connectivity index is 1.36. The van der Waals surface area contributed by atoms with Crippen molar-refractivity contribution in [2.75, 3.05) is 25.0 Å². The molecular weight excluding hydrogens is 411 g/mol. The van der Waals surface area contributed by atoms with Crippen molar-refractivity contribution in [3.63, 3.8) is 0 Å². The standard InChI is InChI=1S/C21H20Cl2N4O2/c22-15-4-6-17(7-5-15)24-18(28)13-27-10-8-21(9-11-27)25-19(20(29)26-21)14-2-1-3-16(23)12-14/h1-7,12H,8-11,13H2,(H,24,28)(H,26,29). The molecule has 0 aromatic heterocycles. The predicted octanol–water partition coefficient (Wildman–Crippen LogP) is 3.34. The van der Waals surface area contributed by atoms with Crippen LogP contribution in [0.1, 0.15) is 18.4 Å². The van der Waals surface area contributed by atoms with Gasteiger partial charge in [-0.05, 0) is 36.4 Å². The van der Waals surface area contributed by atoms with Crippen molar-refractivity contribution in [2.45, 2.75) is 18.5 Å². The van der Waals surface area contributed by atoms with Gasteiger partial charge in [0.25, 0.3) is 5.91 Å². The van der Waals surface area contributed by atoms with Crippen molar-refractivity contribution in [1.82, 2.24) is 10.2 Å². The van der Waals surface area contributed by atoms with Gasteiger partial charge in [-0.15, -0.1) is 0 Å². The normalized spacial score (nSPS) is 18.4. The molecule has 150 valence electrons. The average Bonchev–Trinajstić information content (AvgIpc) is 3.02. The highest BCUT2D eigenvalue weighted by Crippen LogP contribution is 2.29. The van der Waals surface area contributed by atoms with Crippen molar-refractivity contribution >= 4 is 46.4 Å². The van der Waals surface area contributed by atoms with Crippen LogP contribution in [0.15, 0.2) is 53.5 Å². The minimum absolute atomic E-state index is 0.0816. The van der Waals surface area contributed by atoms with Gasteiger partial charge in [0.15, 0.2) is 0 Å². The summed E-state index contributed by atoms with van der Waals surface area (Å²) >= 11 is 11.9. The number of carbonyl (C=O) groups is 2. The van der Waals surface area contributed by atoms with E-state index in [4.69, 9.17) is 28.2 Å². The molecule has 2 aromatic rings. The van der Waals surface area contributed by atoms with Crippen LogP contribution in [0.25, 0.3) is 0 Å². The number of carbonyl (C=O) groups excluding carboxylic acids is 2. The van der Waals surface area contributed by atoms with Crippen LogP contribution in [-0.2, 0) is 9.59 Å². The second-order valence-electron chi connectivity index (χ2n) is 7.29. The van der Waals surface area contributed by atoms with Gasteiger partial charge in [0.05, 0.1) is 6.54 Å². The van der Waals surface area contributed by atoms with Gasteiger partial charge in [-0.25, -0.2) is 0 Å². The third-order valence-electron chi connectivity index (χ3n) is 5.16. The van der Waals surface area contributed by atoms with Gasteiger partial charge in [-0.1, -0.05) is 35.3 Å². The van der Waals surface area contributed by atoms with E-state index in [2.05, 4.69) is 15.5 Å². The fourth-order valence-corrected chi connectivity index (χ4v) is 3.97. The number of likely N-dealkylation sites (tertiary alicyclic amines) is 1. The molecule has 1 fully saturated rings. The van der Waals surface area contributed by atoms with Crippen LogP contribution in [0.5, 0.6) is 0 Å². The van der Waals surface area contributed by atoms with Crippen LogP contribution < -0.4 is 10.6 Å². The number of hydrogen-bond donors (Lipinski definition) is 2. The van der Waals surface area contributed by atoms with Gasteiger partial charge in [0.2, 0.25) is 5.91 Å². The lowest BCUT2D eigenvalue weighted by Gasteiger charge is -2.36. The summed E-state index contributed by atoms with van der Waals surface area (Å²) in [5.74, 6) is -0.261. The van der Waals surface area contributed by atoms with E-state index in [0.717, 1.165) is 5.56 Å². The molecule has 0 saturated carbocycles. The second-order valence-corrected chi connectivity index (χ2v) is 8.16. The third-order valence-corrected chi connectivity index (χ3v) is 5.65. The predicted molar refractivity (Wildman–Crippen MR) is 115 cm³/mol. The lowest BCUT2D eigenvalue weighted by atomic mass is 9.98. The SMILES string of the molecule is O=C(CN1CCC2(CC1)N=C(c1cccc(Cl)c1)C(=O)N2)Nc1ccc(Cl)cc1. The van der Waals surface area contributed by atoms with Crippen molar-refractivity contribution in [1.29, 1.82) is 0 Å². The number of anilines is 1. The zero-order valence-electron chi connectivity index (χ0n) is 15.6. The highest BCUT2D eigenvalue weighted by atomic mass is 35.5. The molecule has 4 rings (SSSR count). The number of piperidine rings is 1. The molecule has 0 atom stereocenters. The first-order chi connectivity index (χ1) is 13.9. The fourth-order valence-electron chi connectivity index (χ4n) is 3.65. The summed E-state index contributed by atoms with van der Waals surface area (Å²) in [7, 11) is 0. The molecule has 29 heavy (non-hydrogen) atoms. The lowest BCUT2D eigenvalue weighted by Crippen LogP contribution is -2.52. The van der Waals surface area contributed by atoms with Crippen LogP contribution in [0, 0.1) is 0 Å². The Morgan fingerprint density at radius 3 is 2.52 bits per heavy atom. The monoisotopic (exact) mass is 430 g/mol. The highest BCUT2D eigenvalue weighted by Gasteiger charge is 2.42. The summed E-state index contributed by atoms with van der Waals surface area (Å²) < 4.78 is 0. The van der Waals surface area contributed by atoms with Crippen molar-refractivity contribution in [2.24, 2.45) is 4.99 Å². The molecule has 2 aliphatic rings. The van der Waals surface area contributed by atoms with Crippen molar-refractivity contribution in [3.8, 4) is 0 Å². The minimum Gasteiger partial charge on any atom is -0.326 e. The fraction of sp³-hybridized carbons (Fsp3) is 0.286. The van der Waals surface area contributed by atoms with E-state index >= 15 is 0 Å². The maximum absolute atomic E-state index is 12.5. The van der Waals surface area contributed by atoms with Crippen molar-refractivity contribution in [3.05, 3.63) is 64.1 Å². The van der Waals surface area contributed by atoms with Crippen LogP contribution >= 0.6 is 23.2 Å². The molecule has 8 heteroatoms. The smallest absolute Gasteiger partial charge is 0.272 e. The largest absolute Gasteiger partial charge is 0.326 e. The Morgan fingerprint density at radius 1 is 1.10 bits per heavy atom. The molecule has 0 aliphatic carbocycles. The Bertz CT molecular complexity index is 967. The summed E-state index contributed by atoms with van der Waals surface area (Å²) in [5.41, 5.74) is 1.25. The molecule has 0 unspecified atom stereocenters. The average molecular weight is 431 g/mol. The maximum Gasteiger partial charge on any atom is 0.272 e. The van der Waals surface area contributed by atoms with Gasteiger partial charge < -0.3 is 10.6 Å². The van der Waals surface area contributed by atoms with E-state index in [9.17, 15) is 9.59 Å². The van der Waals surface area contributed by atoms with Gasteiger partial charge in [0.1, 0.15) is 11.4 Å². The summed E-state index contributed by atoms with van der Waals surface area (Å²) in [5, 5.41) is 7.10. The first-order valence-electron chi connectivity index (χ1n) is 9.39. The van der Waals surface area contributed by atoms with E-state index in [0.29, 0.717) is 47.4 Å². The second kappa shape index (κ2) is 8.14. The summed E-state index contributed by atoms with van der Waals surface area (Å²) in [6.07, 6.45) is 1.30. The van der Waals surface area contributed by atoms with Gasteiger partial charge in [-0.2, -0.15) is 0 Å². The first kappa shape index (κ1) is 19.9. The maximum atomic E-state index is 12.5. The number of nitrogens with zero attached hydrogens (tertiary/aromatic N) is 2. The quantitative estimate of drug-likeness (QED) is 0.780. The highest BCUT2D eigenvalue weighted by molar-refractivity contribution is 6.47. The number of amides is 2. The molecule has 2 aromatic carbocycles. The number of hydrogen-bond acceptors (Lipinski definition) is 4. The molecule has 0 bridgehead atoms. The third kappa shape index (κ3) is 4.61. The van der Waals surface area contributed by atoms with Gasteiger partial charge in [0, 0.05) is 47.2 Å². The Kier molecular flexibility index (Phi) is 5.58. The Hall–Kier alpha value is -2.41. The summed E-state index contributed by atoms with van der Waals surface area (Å²) in [6, 6.07) is 14.2. The molecule has 2 heterocycles. The Labute approximate surface area is 178 Å². The zero-order valence-corrected chi connectivity index (χ0v) is 17.1. The summed E-state index contributed by atoms with van der Waals surface area (Å²) in [6.45, 7) is 1.62. The molecule has 2 amide bonds. The molecule has 1 saturated heterocycles. The van der Waals surface area contributed by atoms with E-state index in [-0.39, 0.29) is 18.4 Å². The number of aliphatic imine (C=N–C) groups is 1. The first-order valence-corrected chi connectivity index (χ1v) is 10.1. The van der Waals surface area contributed by atoms with Crippen LogP contribution in [0.2, 0.25) is 10.0 Å². The van der Waals surface area contributed by atoms with Crippen LogP contribution in [0.3, 0.4) is 0 Å². The number of rotatable bonds is 4. The summed E-state index contributed by atoms with van der Waals surface area (Å²) in [4.78, 5) is 31.6. The topological polar surface area (TPSA) is 73.8 Å². The number of nitrogens with one attached hydrogen (secondary N) is 2. The molecular formula is C21H20Cl2N4O2. The van der Waals surface area contributed by atoms with E-state index in [1.165, 1.54) is 0 Å². The molecule has 2 aliphatic heterocycles. The number of halogens is 2. The minimum atomic E-state index is -0.599. The zero-order chi connectivity index (χ0) is 20.4. The molecule has 1 spiro atoms. The van der Waals surface area contributed by atoms with E-state index in [1.807, 2.05) is 6.07 Å². The Morgan fingerprint density at radius 2 is 1.83 bits per heavy atom. The van der Waals surface area contributed by atoms with Crippen LogP contribution in [-0.4, -0.2) is 47.7 Å². The van der Waals surface area contributed by atoms with E-state index in [1.54, 1.807) is 42.5 Å². The molecule has 2 N–H and O–H groups in total. The molecule has 0 radical (unpaired) electrons. The molecule has 6 nitrogen and oxygen atoms in total. The van der Waals surface area contributed by atoms with Gasteiger partial charge >= 0.3 is 0 Å². The number of benzene rings is 2. The van der Waals surface area contributed by atoms with Crippen LogP contribution in [0.4, 0.5) is 5.69 Å². The van der Waals surface area contributed by atoms with Gasteiger partial charge in [-0.3, -0.25) is 19.5 Å². The van der Waals surface area contributed by atoms with Crippen molar-refractivity contribution < 1.29 is 9.59 Å².